The van der Waals surface area contributed by atoms with Gasteiger partial charge in [0.05, 0.1) is 10.0 Å². The number of allylic oxidation sites excluding steroid dienone is 1. The van der Waals surface area contributed by atoms with Crippen LogP contribution in [0.5, 0.6) is 0 Å². The predicted molar refractivity (Wildman–Crippen MR) is 111 cm³/mol. The van der Waals surface area contributed by atoms with Crippen molar-refractivity contribution in [2.75, 3.05) is 11.9 Å². The number of hydrogen-bond acceptors (Lipinski definition) is 5. The Labute approximate surface area is 171 Å². The van der Waals surface area contributed by atoms with Crippen LogP contribution in [0.4, 0.5) is 15.2 Å². The summed E-state index contributed by atoms with van der Waals surface area (Å²) in [6.07, 6.45) is 2.68. The van der Waals surface area contributed by atoms with E-state index in [1.165, 1.54) is 23.7 Å². The molecule has 0 aliphatic carbocycles. The van der Waals surface area contributed by atoms with Gasteiger partial charge in [-0.3, -0.25) is 0 Å². The number of benzene rings is 2. The van der Waals surface area contributed by atoms with Gasteiger partial charge in [-0.1, -0.05) is 35.3 Å². The monoisotopic (exact) mass is 422 g/mol. The highest BCUT2D eigenvalue weighted by Gasteiger charge is 2.05. The number of halogens is 3. The maximum Gasteiger partial charge on any atom is 0.207 e. The van der Waals surface area contributed by atoms with Gasteiger partial charge >= 0.3 is 0 Å². The fourth-order valence-electron chi connectivity index (χ4n) is 2.34. The number of aromatic nitrogens is 2. The molecule has 0 amide bonds. The summed E-state index contributed by atoms with van der Waals surface area (Å²) < 4.78 is 17.2. The molecule has 3 aromatic rings. The number of anilines is 2. The fraction of sp³-hybridized carbons (Fsp3) is 0.158. The average Bonchev–Trinajstić information content (AvgIpc) is 3.06. The van der Waals surface area contributed by atoms with Crippen molar-refractivity contribution < 1.29 is 4.39 Å². The summed E-state index contributed by atoms with van der Waals surface area (Å²) >= 11 is 13.2. The lowest BCUT2D eigenvalue weighted by Gasteiger charge is -2.06. The summed E-state index contributed by atoms with van der Waals surface area (Å²) in [6, 6.07) is 11.8. The molecule has 0 aliphatic rings. The zero-order valence-electron chi connectivity index (χ0n) is 14.5. The van der Waals surface area contributed by atoms with Gasteiger partial charge in [0.2, 0.25) is 5.13 Å². The molecule has 0 atom stereocenters. The molecule has 1 aromatic heterocycles. The lowest BCUT2D eigenvalue weighted by Crippen LogP contribution is -2.14. The summed E-state index contributed by atoms with van der Waals surface area (Å²) in [6.45, 7) is 2.70. The second kappa shape index (κ2) is 9.17. The van der Waals surface area contributed by atoms with Gasteiger partial charge in [0.15, 0.2) is 5.82 Å². The molecule has 2 N–H and O–H groups in total. The molecule has 0 saturated carbocycles. The Balaban J connectivity index is 1.53. The molecule has 0 spiro atoms. The van der Waals surface area contributed by atoms with Crippen LogP contribution in [0.15, 0.2) is 48.2 Å². The topological polar surface area (TPSA) is 49.8 Å². The van der Waals surface area contributed by atoms with Crippen molar-refractivity contribution in [3.8, 4) is 0 Å². The van der Waals surface area contributed by atoms with Crippen LogP contribution < -0.4 is 10.6 Å². The van der Waals surface area contributed by atoms with Gasteiger partial charge in [-0.2, -0.15) is 9.36 Å². The van der Waals surface area contributed by atoms with Crippen molar-refractivity contribution in [3.63, 3.8) is 0 Å². The zero-order chi connectivity index (χ0) is 19.2. The van der Waals surface area contributed by atoms with Gasteiger partial charge in [0.25, 0.3) is 0 Å². The first kappa shape index (κ1) is 19.6. The van der Waals surface area contributed by atoms with E-state index in [-0.39, 0.29) is 5.82 Å². The summed E-state index contributed by atoms with van der Waals surface area (Å²) in [5, 5.41) is 8.11. The SMILES string of the molecule is C/C(=C\c1nsc(Nc2ccc(Cl)c(Cl)c2)n1)NCCc1ccc(F)cc1. The summed E-state index contributed by atoms with van der Waals surface area (Å²) in [7, 11) is 0. The van der Waals surface area contributed by atoms with E-state index in [0.29, 0.717) is 21.0 Å². The van der Waals surface area contributed by atoms with Crippen molar-refractivity contribution >= 4 is 51.6 Å². The summed E-state index contributed by atoms with van der Waals surface area (Å²) in [5.41, 5.74) is 2.83. The van der Waals surface area contributed by atoms with E-state index in [2.05, 4.69) is 20.0 Å². The minimum atomic E-state index is -0.220. The molecular weight excluding hydrogens is 406 g/mol. The second-order valence-corrected chi connectivity index (χ2v) is 7.41. The molecule has 27 heavy (non-hydrogen) atoms. The Bertz CT molecular complexity index is 941. The van der Waals surface area contributed by atoms with Crippen LogP contribution in [0.25, 0.3) is 6.08 Å². The first-order chi connectivity index (χ1) is 13.0. The molecule has 0 bridgehead atoms. The van der Waals surface area contributed by atoms with E-state index in [0.717, 1.165) is 29.9 Å². The van der Waals surface area contributed by atoms with Gasteiger partial charge in [-0.15, -0.1) is 0 Å². The summed E-state index contributed by atoms with van der Waals surface area (Å²) in [4.78, 5) is 4.44. The molecule has 0 unspecified atom stereocenters. The van der Waals surface area contributed by atoms with Gasteiger partial charge in [0, 0.05) is 35.5 Å². The Kier molecular flexibility index (Phi) is 6.66. The molecule has 8 heteroatoms. The highest BCUT2D eigenvalue weighted by Crippen LogP contribution is 2.27. The molecule has 140 valence electrons. The second-order valence-electron chi connectivity index (χ2n) is 5.84. The Morgan fingerprint density at radius 2 is 1.93 bits per heavy atom. The van der Waals surface area contributed by atoms with Crippen molar-refractivity contribution in [2.45, 2.75) is 13.3 Å². The van der Waals surface area contributed by atoms with Crippen LogP contribution in [-0.2, 0) is 6.42 Å². The first-order valence-corrected chi connectivity index (χ1v) is 9.75. The minimum Gasteiger partial charge on any atom is -0.388 e. The van der Waals surface area contributed by atoms with Crippen LogP contribution >= 0.6 is 34.7 Å². The van der Waals surface area contributed by atoms with Gasteiger partial charge in [-0.05, 0) is 49.2 Å². The third-order valence-corrected chi connectivity index (χ3v) is 5.07. The largest absolute Gasteiger partial charge is 0.388 e. The van der Waals surface area contributed by atoms with E-state index < -0.39 is 0 Å². The van der Waals surface area contributed by atoms with Gasteiger partial charge in [0.1, 0.15) is 5.82 Å². The number of hydrogen-bond donors (Lipinski definition) is 2. The molecular formula is C19H17Cl2FN4S. The molecule has 0 saturated heterocycles. The highest BCUT2D eigenvalue weighted by molar-refractivity contribution is 7.09. The van der Waals surface area contributed by atoms with Crippen molar-refractivity contribution in [1.82, 2.24) is 14.7 Å². The van der Waals surface area contributed by atoms with Crippen LogP contribution in [-0.4, -0.2) is 15.9 Å². The van der Waals surface area contributed by atoms with Gasteiger partial charge < -0.3 is 10.6 Å². The summed E-state index contributed by atoms with van der Waals surface area (Å²) in [5.74, 6) is 0.400. The molecule has 2 aromatic carbocycles. The third kappa shape index (κ3) is 5.92. The minimum absolute atomic E-state index is 0.220. The Morgan fingerprint density at radius 1 is 1.15 bits per heavy atom. The maximum absolute atomic E-state index is 12.9. The lowest BCUT2D eigenvalue weighted by molar-refractivity contribution is 0.626. The van der Waals surface area contributed by atoms with Gasteiger partial charge in [-0.25, -0.2) is 4.39 Å². The quantitative estimate of drug-likeness (QED) is 0.495. The van der Waals surface area contributed by atoms with Crippen molar-refractivity contribution in [1.29, 1.82) is 0 Å². The van der Waals surface area contributed by atoms with Crippen LogP contribution in [0.2, 0.25) is 10.0 Å². The zero-order valence-corrected chi connectivity index (χ0v) is 16.8. The van der Waals surface area contributed by atoms with E-state index in [1.54, 1.807) is 24.3 Å². The number of nitrogens with one attached hydrogen (secondary N) is 2. The molecule has 4 nitrogen and oxygen atoms in total. The van der Waals surface area contributed by atoms with Crippen molar-refractivity contribution in [2.24, 2.45) is 0 Å². The normalized spacial score (nSPS) is 11.5. The van der Waals surface area contributed by atoms with Crippen molar-refractivity contribution in [3.05, 3.63) is 75.4 Å². The van der Waals surface area contributed by atoms with Crippen LogP contribution in [0.3, 0.4) is 0 Å². The first-order valence-electron chi connectivity index (χ1n) is 8.22. The maximum atomic E-state index is 12.9. The molecule has 0 fully saturated rings. The van der Waals surface area contributed by atoms with E-state index in [1.807, 2.05) is 19.1 Å². The highest BCUT2D eigenvalue weighted by atomic mass is 35.5. The fourth-order valence-corrected chi connectivity index (χ4v) is 3.21. The molecule has 1 heterocycles. The number of nitrogens with zero attached hydrogens (tertiary/aromatic N) is 2. The molecule has 0 aliphatic heterocycles. The Hall–Kier alpha value is -2.15. The molecule has 0 radical (unpaired) electrons. The lowest BCUT2D eigenvalue weighted by atomic mass is 10.1. The van der Waals surface area contributed by atoms with E-state index in [4.69, 9.17) is 23.2 Å². The van der Waals surface area contributed by atoms with Crippen LogP contribution in [0, 0.1) is 5.82 Å². The van der Waals surface area contributed by atoms with E-state index in [9.17, 15) is 4.39 Å². The Morgan fingerprint density at radius 3 is 2.67 bits per heavy atom. The van der Waals surface area contributed by atoms with E-state index >= 15 is 0 Å². The average molecular weight is 423 g/mol. The third-order valence-electron chi connectivity index (χ3n) is 3.69. The number of rotatable bonds is 7. The van der Waals surface area contributed by atoms with Crippen LogP contribution in [0.1, 0.15) is 18.3 Å². The standard InChI is InChI=1S/C19H17Cl2FN4S/c1-12(23-9-8-13-2-4-14(22)5-3-13)10-18-25-19(27-26-18)24-15-6-7-16(20)17(21)11-15/h2-7,10-11,23H,8-9H2,1H3,(H,24,25,26)/b12-10+. The smallest absolute Gasteiger partial charge is 0.207 e. The molecule has 3 rings (SSSR count). The predicted octanol–water partition coefficient (Wildman–Crippen LogP) is 5.92.